The van der Waals surface area contributed by atoms with Crippen LogP contribution in [0.25, 0.3) is 0 Å². The van der Waals surface area contributed by atoms with E-state index in [0.717, 1.165) is 17.8 Å². The van der Waals surface area contributed by atoms with Gasteiger partial charge in [0.15, 0.2) is 11.0 Å². The molecule has 96 valence electrons. The molecule has 2 unspecified atom stereocenters. The van der Waals surface area contributed by atoms with E-state index in [4.69, 9.17) is 11.6 Å². The molecule has 0 amide bonds. The summed E-state index contributed by atoms with van der Waals surface area (Å²) >= 11 is 5.98. The van der Waals surface area contributed by atoms with Gasteiger partial charge in [-0.3, -0.25) is 4.21 Å². The SMILES string of the molecule is Cc1nc(Cl)c(NCCC(C)S(C)=O)nc1C. The highest BCUT2D eigenvalue weighted by Gasteiger charge is 2.09. The molecule has 0 aliphatic rings. The first-order chi connectivity index (χ1) is 7.91. The third-order valence-corrected chi connectivity index (χ3v) is 4.31. The summed E-state index contributed by atoms with van der Waals surface area (Å²) in [4.78, 5) is 8.52. The molecule has 1 N–H and O–H groups in total. The van der Waals surface area contributed by atoms with Crippen molar-refractivity contribution in [3.63, 3.8) is 0 Å². The quantitative estimate of drug-likeness (QED) is 0.896. The highest BCUT2D eigenvalue weighted by Crippen LogP contribution is 2.18. The van der Waals surface area contributed by atoms with E-state index in [1.165, 1.54) is 0 Å². The molecule has 0 saturated carbocycles. The Labute approximate surface area is 110 Å². The van der Waals surface area contributed by atoms with Gasteiger partial charge in [-0.2, -0.15) is 0 Å². The molecule has 0 fully saturated rings. The number of nitrogens with one attached hydrogen (secondary N) is 1. The fourth-order valence-corrected chi connectivity index (χ4v) is 1.93. The van der Waals surface area contributed by atoms with Gasteiger partial charge in [-0.1, -0.05) is 18.5 Å². The van der Waals surface area contributed by atoms with E-state index in [9.17, 15) is 4.21 Å². The van der Waals surface area contributed by atoms with Crippen molar-refractivity contribution in [1.29, 1.82) is 0 Å². The molecular weight excluding hydrogens is 258 g/mol. The lowest BCUT2D eigenvalue weighted by atomic mass is 10.3. The molecule has 0 aliphatic carbocycles. The zero-order valence-electron chi connectivity index (χ0n) is 10.6. The van der Waals surface area contributed by atoms with E-state index >= 15 is 0 Å². The zero-order valence-corrected chi connectivity index (χ0v) is 12.2. The van der Waals surface area contributed by atoms with Crippen molar-refractivity contribution >= 4 is 28.2 Å². The van der Waals surface area contributed by atoms with Crippen LogP contribution < -0.4 is 5.32 Å². The molecule has 4 nitrogen and oxygen atoms in total. The molecule has 0 bridgehead atoms. The monoisotopic (exact) mass is 275 g/mol. The first-order valence-corrected chi connectivity index (χ1v) is 7.48. The number of anilines is 1. The summed E-state index contributed by atoms with van der Waals surface area (Å²) in [5.74, 6) is 0.601. The maximum absolute atomic E-state index is 11.2. The van der Waals surface area contributed by atoms with Gasteiger partial charge in [0.25, 0.3) is 0 Å². The second kappa shape index (κ2) is 6.31. The van der Waals surface area contributed by atoms with Crippen LogP contribution in [0.4, 0.5) is 5.82 Å². The molecule has 1 rings (SSSR count). The largest absolute Gasteiger partial charge is 0.367 e. The number of aromatic nitrogens is 2. The number of hydrogen-bond acceptors (Lipinski definition) is 4. The second-order valence-corrected chi connectivity index (χ2v) is 6.22. The van der Waals surface area contributed by atoms with Crippen molar-refractivity contribution in [3.8, 4) is 0 Å². The number of hydrogen-bond donors (Lipinski definition) is 1. The Kier molecular flexibility index (Phi) is 5.33. The van der Waals surface area contributed by atoms with Gasteiger partial charge in [-0.05, 0) is 20.3 Å². The third-order valence-electron chi connectivity index (χ3n) is 2.67. The van der Waals surface area contributed by atoms with Crippen molar-refractivity contribution in [2.45, 2.75) is 32.4 Å². The predicted molar refractivity (Wildman–Crippen MR) is 73.2 cm³/mol. The Hall–Kier alpha value is -0.680. The van der Waals surface area contributed by atoms with E-state index < -0.39 is 10.8 Å². The van der Waals surface area contributed by atoms with E-state index in [1.807, 2.05) is 20.8 Å². The fourth-order valence-electron chi connectivity index (χ4n) is 1.25. The van der Waals surface area contributed by atoms with Gasteiger partial charge < -0.3 is 5.32 Å². The Bertz CT molecular complexity index is 425. The Morgan fingerprint density at radius 3 is 2.53 bits per heavy atom. The van der Waals surface area contributed by atoms with Crippen molar-refractivity contribution < 1.29 is 4.21 Å². The molecule has 0 aliphatic heterocycles. The molecule has 1 heterocycles. The summed E-state index contributed by atoms with van der Waals surface area (Å²) in [5.41, 5.74) is 1.70. The topological polar surface area (TPSA) is 54.9 Å². The summed E-state index contributed by atoms with van der Waals surface area (Å²) in [6.07, 6.45) is 2.53. The molecule has 17 heavy (non-hydrogen) atoms. The molecule has 0 saturated heterocycles. The smallest absolute Gasteiger partial charge is 0.171 e. The lowest BCUT2D eigenvalue weighted by Gasteiger charge is -2.11. The zero-order chi connectivity index (χ0) is 13.0. The molecule has 0 spiro atoms. The van der Waals surface area contributed by atoms with Crippen LogP contribution in [0, 0.1) is 13.8 Å². The lowest BCUT2D eigenvalue weighted by Crippen LogP contribution is -2.16. The van der Waals surface area contributed by atoms with Gasteiger partial charge in [-0.25, -0.2) is 9.97 Å². The van der Waals surface area contributed by atoms with E-state index in [2.05, 4.69) is 15.3 Å². The number of halogens is 1. The Morgan fingerprint density at radius 1 is 1.35 bits per heavy atom. The highest BCUT2D eigenvalue weighted by atomic mass is 35.5. The molecule has 0 radical (unpaired) electrons. The van der Waals surface area contributed by atoms with Crippen molar-refractivity contribution in [2.24, 2.45) is 0 Å². The van der Waals surface area contributed by atoms with E-state index in [-0.39, 0.29) is 5.25 Å². The van der Waals surface area contributed by atoms with Crippen LogP contribution in [-0.4, -0.2) is 32.2 Å². The summed E-state index contributed by atoms with van der Waals surface area (Å²) in [6, 6.07) is 0. The molecule has 1 aromatic heterocycles. The van der Waals surface area contributed by atoms with E-state index in [0.29, 0.717) is 17.5 Å². The minimum atomic E-state index is -0.791. The van der Waals surface area contributed by atoms with Crippen LogP contribution in [0.2, 0.25) is 5.15 Å². The van der Waals surface area contributed by atoms with Crippen LogP contribution in [0.1, 0.15) is 24.7 Å². The first kappa shape index (κ1) is 14.4. The average molecular weight is 276 g/mol. The second-order valence-electron chi connectivity index (χ2n) is 4.06. The first-order valence-electron chi connectivity index (χ1n) is 5.48. The van der Waals surface area contributed by atoms with Crippen LogP contribution >= 0.6 is 11.6 Å². The summed E-state index contributed by atoms with van der Waals surface area (Å²) < 4.78 is 11.2. The van der Waals surface area contributed by atoms with Crippen molar-refractivity contribution in [1.82, 2.24) is 9.97 Å². The number of aryl methyl sites for hydroxylation is 2. The standard InChI is InChI=1S/C11H18ClN3OS/c1-7(17(4)16)5-6-13-11-10(12)14-8(2)9(3)15-11/h7H,5-6H2,1-4H3,(H,13,15). The molecule has 0 aromatic carbocycles. The Morgan fingerprint density at radius 2 is 1.94 bits per heavy atom. The van der Waals surface area contributed by atoms with Gasteiger partial charge >= 0.3 is 0 Å². The minimum Gasteiger partial charge on any atom is -0.367 e. The summed E-state index contributed by atoms with van der Waals surface area (Å²) in [7, 11) is -0.791. The van der Waals surface area contributed by atoms with Gasteiger partial charge in [0.05, 0.1) is 11.4 Å². The average Bonchev–Trinajstić information content (AvgIpc) is 2.25. The summed E-state index contributed by atoms with van der Waals surface area (Å²) in [6.45, 7) is 6.43. The van der Waals surface area contributed by atoms with Crippen LogP contribution in [0.15, 0.2) is 0 Å². The van der Waals surface area contributed by atoms with Crippen molar-refractivity contribution in [3.05, 3.63) is 16.5 Å². The fraction of sp³-hybridized carbons (Fsp3) is 0.636. The van der Waals surface area contributed by atoms with Crippen LogP contribution in [0.3, 0.4) is 0 Å². The maximum Gasteiger partial charge on any atom is 0.171 e. The van der Waals surface area contributed by atoms with Gasteiger partial charge in [0.1, 0.15) is 0 Å². The maximum atomic E-state index is 11.2. The van der Waals surface area contributed by atoms with Crippen molar-refractivity contribution in [2.75, 3.05) is 18.1 Å². The van der Waals surface area contributed by atoms with Gasteiger partial charge in [-0.15, -0.1) is 0 Å². The number of rotatable bonds is 5. The number of nitrogens with zero attached hydrogens (tertiary/aromatic N) is 2. The van der Waals surface area contributed by atoms with Crippen LogP contribution in [-0.2, 0) is 10.8 Å². The minimum absolute atomic E-state index is 0.167. The highest BCUT2D eigenvalue weighted by molar-refractivity contribution is 7.84. The molecule has 6 heteroatoms. The molecule has 1 aromatic rings. The normalized spacial score (nSPS) is 14.4. The van der Waals surface area contributed by atoms with Gasteiger partial charge in [0.2, 0.25) is 0 Å². The molecule has 2 atom stereocenters. The van der Waals surface area contributed by atoms with Gasteiger partial charge in [0, 0.05) is 28.9 Å². The summed E-state index contributed by atoms with van der Waals surface area (Å²) in [5, 5.41) is 3.68. The van der Waals surface area contributed by atoms with E-state index in [1.54, 1.807) is 6.26 Å². The Balaban J connectivity index is 2.58. The molecular formula is C11H18ClN3OS. The van der Waals surface area contributed by atoms with Crippen LogP contribution in [0.5, 0.6) is 0 Å². The third kappa shape index (κ3) is 4.24. The predicted octanol–water partition coefficient (Wildman–Crippen LogP) is 2.32. The lowest BCUT2D eigenvalue weighted by molar-refractivity contribution is 0.672.